The summed E-state index contributed by atoms with van der Waals surface area (Å²) < 4.78 is 41.6. The van der Waals surface area contributed by atoms with Crippen LogP contribution in [0.2, 0.25) is 0 Å². The van der Waals surface area contributed by atoms with Gasteiger partial charge in [0.1, 0.15) is 24.3 Å². The second kappa shape index (κ2) is 12.3. The fourth-order valence-corrected chi connectivity index (χ4v) is 5.15. The maximum absolute atomic E-state index is 13.6. The maximum Gasteiger partial charge on any atom is 0.530 e. The predicted molar refractivity (Wildman–Crippen MR) is 133 cm³/mol. The van der Waals surface area contributed by atoms with Crippen molar-refractivity contribution in [2.24, 2.45) is 0 Å². The van der Waals surface area contributed by atoms with E-state index in [1.54, 1.807) is 32.0 Å². The number of hydrogen-bond acceptors (Lipinski definition) is 11. The number of H-pyrrole nitrogens is 1. The number of benzene rings is 1. The molecule has 1 aliphatic rings. The van der Waals surface area contributed by atoms with Crippen LogP contribution in [0.4, 0.5) is 0 Å². The van der Waals surface area contributed by atoms with Gasteiger partial charge in [-0.3, -0.25) is 18.6 Å². The molecule has 0 saturated carbocycles. The van der Waals surface area contributed by atoms with Crippen LogP contribution in [-0.2, 0) is 27.9 Å². The van der Waals surface area contributed by atoms with Gasteiger partial charge in [0.2, 0.25) is 0 Å². The number of phosphoric acid groups is 1. The van der Waals surface area contributed by atoms with E-state index in [-0.39, 0.29) is 5.75 Å². The molecule has 0 bridgehead atoms. The van der Waals surface area contributed by atoms with E-state index in [1.807, 2.05) is 4.98 Å². The van der Waals surface area contributed by atoms with Crippen LogP contribution in [0.5, 0.6) is 5.75 Å². The summed E-state index contributed by atoms with van der Waals surface area (Å²) in [6.45, 7) is 5.41. The van der Waals surface area contributed by atoms with Gasteiger partial charge < -0.3 is 19.1 Å². The van der Waals surface area contributed by atoms with Crippen molar-refractivity contribution in [1.82, 2.24) is 14.5 Å². The molecule has 206 valence electrons. The second-order valence-corrected chi connectivity index (χ2v) is 10.6. The third kappa shape index (κ3) is 6.91. The first-order chi connectivity index (χ1) is 17.9. The average molecular weight is 572 g/mol. The molecule has 1 aromatic carbocycles. The Bertz CT molecular complexity index is 1350. The normalized spacial score (nSPS) is 25.2. The molecule has 2 N–H and O–H groups in total. The molecule has 1 aliphatic heterocycles. The van der Waals surface area contributed by atoms with E-state index in [1.165, 1.54) is 26.0 Å². The van der Waals surface area contributed by atoms with Crippen LogP contribution in [0.15, 0.2) is 46.2 Å². The predicted octanol–water partition coefficient (Wildman–Crippen LogP) is 1.75. The van der Waals surface area contributed by atoms with Crippen LogP contribution in [-0.4, -0.2) is 61.5 Å². The lowest BCUT2D eigenvalue weighted by Gasteiger charge is -2.25. The third-order valence-electron chi connectivity index (χ3n) is 5.09. The number of aromatic nitrogens is 3. The molecule has 3 rings (SSSR count). The Morgan fingerprint density at radius 3 is 2.61 bits per heavy atom. The van der Waals surface area contributed by atoms with E-state index in [9.17, 15) is 24.1 Å². The van der Waals surface area contributed by atoms with Crippen molar-refractivity contribution in [2.45, 2.75) is 63.2 Å². The average Bonchev–Trinajstić information content (AvgIpc) is 3.08. The Hall–Kier alpha value is -2.98. The smallest absolute Gasteiger partial charge is 0.461 e. The number of aliphatic hydroxyl groups excluding tert-OH is 1. The molecule has 13 nitrogen and oxygen atoms in total. The zero-order valence-corrected chi connectivity index (χ0v) is 22.5. The molecule has 6 atom stereocenters. The molecular formula is C23H27ClN3O10P. The summed E-state index contributed by atoms with van der Waals surface area (Å²) in [6.07, 6.45) is -5.24. The van der Waals surface area contributed by atoms with Crippen LogP contribution in [0.1, 0.15) is 33.9 Å². The van der Waals surface area contributed by atoms with E-state index in [2.05, 4.69) is 16.8 Å². The van der Waals surface area contributed by atoms with Gasteiger partial charge in [0, 0.05) is 0 Å². The number of aromatic amines is 1. The van der Waals surface area contributed by atoms with Gasteiger partial charge in [-0.1, -0.05) is 35.7 Å². The first kappa shape index (κ1) is 29.6. The highest BCUT2D eigenvalue weighted by molar-refractivity contribution is 7.49. The maximum atomic E-state index is 13.6. The lowest BCUT2D eigenvalue weighted by molar-refractivity contribution is -0.156. The van der Waals surface area contributed by atoms with Crippen LogP contribution < -0.4 is 15.9 Å². The van der Waals surface area contributed by atoms with E-state index in [0.717, 1.165) is 10.9 Å². The van der Waals surface area contributed by atoms with Crippen LogP contribution in [0.25, 0.3) is 0 Å². The number of para-hydroxylation sites is 1. The number of phosphoric ester groups is 1. The topological polar surface area (TPSA) is 168 Å². The fraction of sp³-hybridized carbons (Fsp3) is 0.478. The number of nitrogens with zero attached hydrogens (tertiary/aromatic N) is 2. The number of alkyl halides is 1. The van der Waals surface area contributed by atoms with Gasteiger partial charge in [-0.15, -0.1) is 5.92 Å². The first-order valence-corrected chi connectivity index (χ1v) is 13.2. The standard InChI is InChI=1S/C23H27ClN3O10P/c1-5-11-23(24)18(28)17(35-20(23)27-13-25-21(30)26-22(27)31)12-33-38(32,37-16-9-7-6-8-10-16)36-15(4)19(29)34-14(2)3/h6-10,13-15,17-18,20,28H,12H2,1-4H3,(H,26,30,31)/t15-,17+,18?,20+,23+,38-/m0/s1. The quantitative estimate of drug-likeness (QED) is 0.184. The molecule has 0 spiro atoms. The zero-order valence-electron chi connectivity index (χ0n) is 20.9. The number of carbonyl (C=O) groups excluding carboxylic acids is 1. The Morgan fingerprint density at radius 2 is 2.00 bits per heavy atom. The second-order valence-electron chi connectivity index (χ2n) is 8.38. The third-order valence-corrected chi connectivity index (χ3v) is 7.07. The Balaban J connectivity index is 1.86. The molecule has 1 saturated heterocycles. The molecule has 0 amide bonds. The summed E-state index contributed by atoms with van der Waals surface area (Å²) in [5.74, 6) is 4.48. The van der Waals surface area contributed by atoms with Gasteiger partial charge in [0.05, 0.1) is 12.7 Å². The van der Waals surface area contributed by atoms with E-state index in [0.29, 0.717) is 0 Å². The van der Waals surface area contributed by atoms with Crippen molar-refractivity contribution in [3.8, 4) is 17.6 Å². The van der Waals surface area contributed by atoms with Crippen molar-refractivity contribution < 1.29 is 37.5 Å². The molecule has 1 unspecified atom stereocenters. The number of carbonyl (C=O) groups is 1. The minimum absolute atomic E-state index is 0.112. The highest BCUT2D eigenvalue weighted by Crippen LogP contribution is 2.52. The Morgan fingerprint density at radius 1 is 1.32 bits per heavy atom. The summed E-state index contributed by atoms with van der Waals surface area (Å²) >= 11 is 6.61. The number of nitrogens with one attached hydrogen (secondary N) is 1. The highest BCUT2D eigenvalue weighted by atomic mass is 35.5. The van der Waals surface area contributed by atoms with Crippen LogP contribution in [0, 0.1) is 11.8 Å². The number of halogens is 1. The summed E-state index contributed by atoms with van der Waals surface area (Å²) in [6, 6.07) is 7.91. The zero-order chi connectivity index (χ0) is 28.1. The van der Waals surface area contributed by atoms with E-state index >= 15 is 0 Å². The molecule has 2 aromatic rings. The minimum atomic E-state index is -4.54. The molecular weight excluding hydrogens is 545 g/mol. The molecule has 1 fully saturated rings. The number of rotatable bonds is 10. The first-order valence-electron chi connectivity index (χ1n) is 11.4. The number of ether oxygens (including phenoxy) is 2. The summed E-state index contributed by atoms with van der Waals surface area (Å²) in [5, 5.41) is 11.0. The minimum Gasteiger partial charge on any atom is -0.461 e. The van der Waals surface area contributed by atoms with Gasteiger partial charge in [-0.2, -0.15) is 4.98 Å². The van der Waals surface area contributed by atoms with Crippen LogP contribution >= 0.6 is 19.4 Å². The summed E-state index contributed by atoms with van der Waals surface area (Å²) in [4.78, 5) is 39.6. The van der Waals surface area contributed by atoms with Gasteiger partial charge in [0.15, 0.2) is 17.2 Å². The van der Waals surface area contributed by atoms with Gasteiger partial charge in [-0.05, 0) is 39.8 Å². The van der Waals surface area contributed by atoms with Crippen LogP contribution in [0.3, 0.4) is 0 Å². The number of aliphatic hydroxyl groups is 1. The van der Waals surface area contributed by atoms with Gasteiger partial charge in [-0.25, -0.2) is 18.9 Å². The monoisotopic (exact) mass is 571 g/mol. The molecule has 2 heterocycles. The highest BCUT2D eigenvalue weighted by Gasteiger charge is 2.56. The molecule has 0 radical (unpaired) electrons. The van der Waals surface area contributed by atoms with E-state index in [4.69, 9.17) is 34.6 Å². The molecule has 38 heavy (non-hydrogen) atoms. The molecule has 1 aromatic heterocycles. The van der Waals surface area contributed by atoms with Gasteiger partial charge >= 0.3 is 25.2 Å². The Kier molecular flexibility index (Phi) is 9.54. The van der Waals surface area contributed by atoms with Crippen molar-refractivity contribution >= 4 is 25.4 Å². The lowest BCUT2D eigenvalue weighted by Crippen LogP contribution is -2.44. The van der Waals surface area contributed by atoms with Gasteiger partial charge in [0.25, 0.3) is 0 Å². The van der Waals surface area contributed by atoms with Crippen molar-refractivity contribution in [2.75, 3.05) is 6.61 Å². The fourth-order valence-electron chi connectivity index (χ4n) is 3.42. The summed E-state index contributed by atoms with van der Waals surface area (Å²) in [5.41, 5.74) is -1.81. The Labute approximate surface area is 222 Å². The number of hydrogen-bond donors (Lipinski definition) is 2. The van der Waals surface area contributed by atoms with Crippen molar-refractivity contribution in [3.05, 3.63) is 57.6 Å². The van der Waals surface area contributed by atoms with Crippen molar-refractivity contribution in [1.29, 1.82) is 0 Å². The lowest BCUT2D eigenvalue weighted by atomic mass is 9.99. The summed E-state index contributed by atoms with van der Waals surface area (Å²) in [7, 11) is -4.54. The number of esters is 1. The molecule has 0 aliphatic carbocycles. The molecule has 15 heteroatoms. The SMILES string of the molecule is CC#C[C@@]1(Cl)C(O)[C@@H](CO[P@](=O)(Oc2ccccc2)O[C@@H](C)C(=O)OC(C)C)O[C@H]1n1cnc(=O)[nH]c1=O. The van der Waals surface area contributed by atoms with Crippen molar-refractivity contribution in [3.63, 3.8) is 0 Å². The largest absolute Gasteiger partial charge is 0.530 e. The van der Waals surface area contributed by atoms with E-state index < -0.39 is 67.3 Å².